The quantitative estimate of drug-likeness (QED) is 0.803. The van der Waals surface area contributed by atoms with Crippen molar-refractivity contribution in [3.63, 3.8) is 0 Å². The van der Waals surface area contributed by atoms with Crippen LogP contribution in [-0.2, 0) is 11.2 Å². The molecule has 0 saturated heterocycles. The number of aromatic nitrogens is 1. The molecule has 0 aliphatic rings. The molecule has 1 N–H and O–H groups in total. The second-order valence-electron chi connectivity index (χ2n) is 3.93. The smallest absolute Gasteiger partial charge is 0.408 e. The van der Waals surface area contributed by atoms with Gasteiger partial charge in [0.05, 0.1) is 5.52 Å². The van der Waals surface area contributed by atoms with Crippen LogP contribution < -0.4 is 5.76 Å². The Morgan fingerprint density at radius 3 is 3.06 bits per heavy atom. The molecule has 0 saturated carbocycles. The van der Waals surface area contributed by atoms with Gasteiger partial charge in [-0.3, -0.25) is 9.78 Å². The highest BCUT2D eigenvalue weighted by Gasteiger charge is 2.07. The zero-order valence-corrected chi connectivity index (χ0v) is 9.77. The van der Waals surface area contributed by atoms with Gasteiger partial charge in [0, 0.05) is 13.6 Å². The lowest BCUT2D eigenvalue weighted by molar-refractivity contribution is -0.124. The minimum absolute atomic E-state index is 0.444. The Morgan fingerprint density at radius 1 is 1.56 bits per heavy atom. The van der Waals surface area contributed by atoms with Crippen molar-refractivity contribution in [1.29, 1.82) is 5.26 Å². The molecular formula is C12H11N3O3. The van der Waals surface area contributed by atoms with Crippen molar-refractivity contribution in [2.24, 2.45) is 0 Å². The summed E-state index contributed by atoms with van der Waals surface area (Å²) in [6.45, 7) is 0.444. The van der Waals surface area contributed by atoms with Gasteiger partial charge >= 0.3 is 11.7 Å². The maximum atomic E-state index is 11.1. The van der Waals surface area contributed by atoms with Crippen LogP contribution in [0.1, 0.15) is 5.56 Å². The minimum Gasteiger partial charge on any atom is -0.408 e. The van der Waals surface area contributed by atoms with Gasteiger partial charge in [-0.25, -0.2) is 4.79 Å². The summed E-state index contributed by atoms with van der Waals surface area (Å²) in [5.41, 5.74) is 2.09. The third-order valence-electron chi connectivity index (χ3n) is 2.66. The van der Waals surface area contributed by atoms with Crippen LogP contribution in [0.25, 0.3) is 11.1 Å². The summed E-state index contributed by atoms with van der Waals surface area (Å²) >= 11 is 0. The second kappa shape index (κ2) is 4.75. The van der Waals surface area contributed by atoms with Crippen molar-refractivity contribution in [2.75, 3.05) is 13.6 Å². The number of hydrogen-bond acceptors (Lipinski definition) is 4. The Bertz CT molecular complexity index is 678. The molecule has 0 atom stereocenters. The number of benzene rings is 1. The normalized spacial score (nSPS) is 10.2. The van der Waals surface area contributed by atoms with E-state index in [0.29, 0.717) is 24.1 Å². The number of H-pyrrole nitrogens is 1. The van der Waals surface area contributed by atoms with E-state index in [-0.39, 0.29) is 0 Å². The summed E-state index contributed by atoms with van der Waals surface area (Å²) in [7, 11) is 1.57. The lowest BCUT2D eigenvalue weighted by Gasteiger charge is -2.12. The molecule has 2 rings (SSSR count). The van der Waals surface area contributed by atoms with E-state index in [9.17, 15) is 9.59 Å². The van der Waals surface area contributed by atoms with Gasteiger partial charge in [-0.1, -0.05) is 6.07 Å². The van der Waals surface area contributed by atoms with E-state index in [1.54, 1.807) is 25.2 Å². The van der Waals surface area contributed by atoms with E-state index in [1.807, 2.05) is 6.07 Å². The van der Waals surface area contributed by atoms with Gasteiger partial charge in [0.1, 0.15) is 0 Å². The van der Waals surface area contributed by atoms with Crippen molar-refractivity contribution in [3.8, 4) is 6.07 Å². The third kappa shape index (κ3) is 2.40. The first kappa shape index (κ1) is 11.9. The molecule has 92 valence electrons. The fourth-order valence-corrected chi connectivity index (χ4v) is 1.64. The van der Waals surface area contributed by atoms with Crippen LogP contribution in [-0.4, -0.2) is 29.4 Å². The molecule has 0 bridgehead atoms. The van der Waals surface area contributed by atoms with Crippen molar-refractivity contribution in [1.82, 2.24) is 9.88 Å². The Labute approximate surface area is 102 Å². The molecule has 0 aliphatic heterocycles. The van der Waals surface area contributed by atoms with Gasteiger partial charge in [-0.2, -0.15) is 5.26 Å². The highest BCUT2D eigenvalue weighted by atomic mass is 16.4. The van der Waals surface area contributed by atoms with E-state index >= 15 is 0 Å². The maximum Gasteiger partial charge on any atom is 0.417 e. The van der Waals surface area contributed by atoms with Gasteiger partial charge in [0.25, 0.3) is 0 Å². The Morgan fingerprint density at radius 2 is 2.33 bits per heavy atom. The molecule has 18 heavy (non-hydrogen) atoms. The van der Waals surface area contributed by atoms with Crippen molar-refractivity contribution < 1.29 is 9.21 Å². The van der Waals surface area contributed by atoms with Crippen molar-refractivity contribution >= 4 is 17.0 Å². The number of carbonyl (C=O) groups excluding carboxylic acids is 1. The molecule has 0 spiro atoms. The van der Waals surface area contributed by atoms with Crippen LogP contribution in [0.4, 0.5) is 0 Å². The van der Waals surface area contributed by atoms with Gasteiger partial charge in [0.15, 0.2) is 11.7 Å². The number of hydrogen-bond donors (Lipinski definition) is 1. The summed E-state index contributed by atoms with van der Waals surface area (Å²) in [6.07, 6.45) is 0.604. The summed E-state index contributed by atoms with van der Waals surface area (Å²) in [6, 6.07) is 6.88. The fourth-order valence-electron chi connectivity index (χ4n) is 1.64. The Balaban J connectivity index is 2.10. The summed E-state index contributed by atoms with van der Waals surface area (Å²) in [5.74, 6) is -1.05. The molecule has 0 unspecified atom stereocenters. The predicted molar refractivity (Wildman–Crippen MR) is 63.8 cm³/mol. The summed E-state index contributed by atoms with van der Waals surface area (Å²) in [4.78, 5) is 25.9. The number of oxazole rings is 1. The fraction of sp³-hybridized carbons (Fsp3) is 0.250. The number of amides is 1. The SMILES string of the molecule is CN(CCc1ccc2oc(=O)[nH]c2c1)C(=O)C#N. The largest absolute Gasteiger partial charge is 0.417 e. The molecular weight excluding hydrogens is 234 g/mol. The van der Waals surface area contributed by atoms with Gasteiger partial charge in [-0.15, -0.1) is 0 Å². The minimum atomic E-state index is -0.562. The van der Waals surface area contributed by atoms with Crippen LogP contribution in [0.15, 0.2) is 27.4 Å². The summed E-state index contributed by atoms with van der Waals surface area (Å²) in [5, 5.41) is 8.45. The van der Waals surface area contributed by atoms with E-state index in [1.165, 1.54) is 4.90 Å². The van der Waals surface area contributed by atoms with Gasteiger partial charge in [-0.05, 0) is 24.1 Å². The van der Waals surface area contributed by atoms with Crippen LogP contribution in [0.2, 0.25) is 0 Å². The maximum absolute atomic E-state index is 11.1. The topological polar surface area (TPSA) is 90.1 Å². The van der Waals surface area contributed by atoms with Crippen LogP contribution >= 0.6 is 0 Å². The number of nitriles is 1. The van der Waals surface area contributed by atoms with Crippen molar-refractivity contribution in [3.05, 3.63) is 34.3 Å². The molecule has 0 aliphatic carbocycles. The first-order valence-electron chi connectivity index (χ1n) is 5.37. The number of fused-ring (bicyclic) bond motifs is 1. The highest BCUT2D eigenvalue weighted by molar-refractivity contribution is 5.90. The van der Waals surface area contributed by atoms with Gasteiger partial charge in [0.2, 0.25) is 0 Å². The first-order valence-corrected chi connectivity index (χ1v) is 5.37. The molecule has 6 heteroatoms. The first-order chi connectivity index (χ1) is 8.60. The Hall–Kier alpha value is -2.55. The molecule has 0 radical (unpaired) electrons. The zero-order valence-electron chi connectivity index (χ0n) is 9.77. The average Bonchev–Trinajstić information content (AvgIpc) is 2.74. The number of nitrogens with one attached hydrogen (secondary N) is 1. The average molecular weight is 245 g/mol. The molecule has 6 nitrogen and oxygen atoms in total. The lowest BCUT2D eigenvalue weighted by Crippen LogP contribution is -2.27. The molecule has 1 aromatic heterocycles. The van der Waals surface area contributed by atoms with Crippen LogP contribution in [0, 0.1) is 11.3 Å². The molecule has 0 fully saturated rings. The van der Waals surface area contributed by atoms with E-state index < -0.39 is 11.7 Å². The van der Waals surface area contributed by atoms with Gasteiger partial charge < -0.3 is 9.32 Å². The van der Waals surface area contributed by atoms with E-state index in [2.05, 4.69) is 4.98 Å². The van der Waals surface area contributed by atoms with Crippen molar-refractivity contribution in [2.45, 2.75) is 6.42 Å². The zero-order chi connectivity index (χ0) is 13.1. The second-order valence-corrected chi connectivity index (χ2v) is 3.93. The Kier molecular flexibility index (Phi) is 3.15. The third-order valence-corrected chi connectivity index (χ3v) is 2.66. The highest BCUT2D eigenvalue weighted by Crippen LogP contribution is 2.12. The van der Waals surface area contributed by atoms with Crippen LogP contribution in [0.5, 0.6) is 0 Å². The standard InChI is InChI=1S/C12H11N3O3/c1-15(11(16)7-13)5-4-8-2-3-10-9(6-8)14-12(17)18-10/h2-3,6H,4-5H2,1H3,(H,14,17). The number of aromatic amines is 1. The number of nitrogens with zero attached hydrogens (tertiary/aromatic N) is 2. The van der Waals surface area contributed by atoms with E-state index in [0.717, 1.165) is 5.56 Å². The molecule has 1 heterocycles. The number of carbonyl (C=O) groups is 1. The number of rotatable bonds is 3. The lowest BCUT2D eigenvalue weighted by atomic mass is 10.1. The monoisotopic (exact) mass is 245 g/mol. The van der Waals surface area contributed by atoms with E-state index in [4.69, 9.17) is 9.68 Å². The van der Waals surface area contributed by atoms with Crippen LogP contribution in [0.3, 0.4) is 0 Å². The molecule has 1 aromatic carbocycles. The number of likely N-dealkylation sites (N-methyl/N-ethyl adjacent to an activating group) is 1. The summed E-state index contributed by atoms with van der Waals surface area (Å²) < 4.78 is 4.89. The predicted octanol–water partition coefficient (Wildman–Crippen LogP) is 0.646. The molecule has 1 amide bonds. The molecule has 2 aromatic rings.